The molecule has 0 radical (unpaired) electrons. The summed E-state index contributed by atoms with van der Waals surface area (Å²) >= 11 is 0. The molecule has 5 nitrogen and oxygen atoms in total. The van der Waals surface area contributed by atoms with Gasteiger partial charge in [0, 0.05) is 18.0 Å². The van der Waals surface area contributed by atoms with Gasteiger partial charge in [0.05, 0.1) is 0 Å². The zero-order chi connectivity index (χ0) is 17.1. The first-order valence-corrected chi connectivity index (χ1v) is 9.17. The molecule has 2 atom stereocenters. The minimum Gasteiger partial charge on any atom is -0.337 e. The molecule has 1 aromatic heterocycles. The van der Waals surface area contributed by atoms with Crippen molar-refractivity contribution >= 4 is 5.91 Å². The van der Waals surface area contributed by atoms with Crippen molar-refractivity contribution in [2.45, 2.75) is 44.6 Å². The zero-order valence-corrected chi connectivity index (χ0v) is 14.3. The molecule has 0 saturated carbocycles. The van der Waals surface area contributed by atoms with E-state index >= 15 is 0 Å². The second kappa shape index (κ2) is 7.21. The third-order valence-electron chi connectivity index (χ3n) is 5.16. The maximum Gasteiger partial charge on any atom is 0.249 e. The summed E-state index contributed by atoms with van der Waals surface area (Å²) in [5.74, 6) is 1.50. The predicted octanol–water partition coefficient (Wildman–Crippen LogP) is 4.15. The Bertz CT molecular complexity index is 753. The SMILES string of the molecule is O=C(C1CC=CCC1)N1CCCCC1c1nc(-c2ccccc2)no1. The molecule has 1 amide bonds. The Morgan fingerprint density at radius 3 is 2.80 bits per heavy atom. The number of amides is 1. The van der Waals surface area contributed by atoms with Gasteiger partial charge in [-0.25, -0.2) is 0 Å². The Labute approximate surface area is 147 Å². The Hall–Kier alpha value is -2.43. The lowest BCUT2D eigenvalue weighted by Gasteiger charge is -2.36. The van der Waals surface area contributed by atoms with Gasteiger partial charge in [-0.1, -0.05) is 47.6 Å². The van der Waals surface area contributed by atoms with Gasteiger partial charge in [-0.05, 0) is 38.5 Å². The summed E-state index contributed by atoms with van der Waals surface area (Å²) in [6.45, 7) is 0.784. The molecule has 2 heterocycles. The fourth-order valence-corrected chi connectivity index (χ4v) is 3.78. The van der Waals surface area contributed by atoms with Gasteiger partial charge in [0.25, 0.3) is 0 Å². The van der Waals surface area contributed by atoms with E-state index < -0.39 is 0 Å². The van der Waals surface area contributed by atoms with Crippen LogP contribution in [0.2, 0.25) is 0 Å². The summed E-state index contributed by atoms with van der Waals surface area (Å²) < 4.78 is 5.56. The van der Waals surface area contributed by atoms with Crippen molar-refractivity contribution in [1.82, 2.24) is 15.0 Å². The molecular weight excluding hydrogens is 314 g/mol. The summed E-state index contributed by atoms with van der Waals surface area (Å²) in [4.78, 5) is 19.6. The van der Waals surface area contributed by atoms with Crippen molar-refractivity contribution in [3.63, 3.8) is 0 Å². The molecule has 1 saturated heterocycles. The van der Waals surface area contributed by atoms with Gasteiger partial charge in [0.2, 0.25) is 17.6 Å². The lowest BCUT2D eigenvalue weighted by molar-refractivity contribution is -0.140. The number of allylic oxidation sites excluding steroid dienone is 2. The second-order valence-electron chi connectivity index (χ2n) is 6.85. The molecule has 1 fully saturated rings. The van der Waals surface area contributed by atoms with E-state index in [4.69, 9.17) is 4.52 Å². The number of rotatable bonds is 3. The fourth-order valence-electron chi connectivity index (χ4n) is 3.78. The van der Waals surface area contributed by atoms with Crippen LogP contribution in [0.5, 0.6) is 0 Å². The first kappa shape index (κ1) is 16.1. The highest BCUT2D eigenvalue weighted by molar-refractivity contribution is 5.79. The van der Waals surface area contributed by atoms with Crippen LogP contribution >= 0.6 is 0 Å². The van der Waals surface area contributed by atoms with Crippen molar-refractivity contribution in [2.75, 3.05) is 6.54 Å². The van der Waals surface area contributed by atoms with Crippen LogP contribution in [0.4, 0.5) is 0 Å². The molecule has 4 rings (SSSR count). The minimum absolute atomic E-state index is 0.0860. The summed E-state index contributed by atoms with van der Waals surface area (Å²) in [5, 5.41) is 4.13. The Morgan fingerprint density at radius 2 is 2.00 bits per heavy atom. The van der Waals surface area contributed by atoms with Crippen LogP contribution in [-0.2, 0) is 4.79 Å². The second-order valence-corrected chi connectivity index (χ2v) is 6.85. The molecule has 2 aromatic rings. The third-order valence-corrected chi connectivity index (χ3v) is 5.16. The summed E-state index contributed by atoms with van der Waals surface area (Å²) in [6, 6.07) is 9.72. The summed E-state index contributed by atoms with van der Waals surface area (Å²) in [6.07, 6.45) is 10.1. The molecule has 1 aromatic carbocycles. The number of hydrogen-bond acceptors (Lipinski definition) is 4. The topological polar surface area (TPSA) is 59.2 Å². The normalized spacial score (nSPS) is 23.6. The predicted molar refractivity (Wildman–Crippen MR) is 94.5 cm³/mol. The van der Waals surface area contributed by atoms with E-state index in [0.29, 0.717) is 11.7 Å². The van der Waals surface area contributed by atoms with Gasteiger partial charge in [-0.2, -0.15) is 4.98 Å². The van der Waals surface area contributed by atoms with Gasteiger partial charge in [-0.3, -0.25) is 4.79 Å². The largest absolute Gasteiger partial charge is 0.337 e. The van der Waals surface area contributed by atoms with E-state index in [0.717, 1.165) is 50.6 Å². The molecule has 1 aliphatic carbocycles. The molecular formula is C20H23N3O2. The molecule has 0 N–H and O–H groups in total. The van der Waals surface area contributed by atoms with Crippen LogP contribution in [-0.4, -0.2) is 27.5 Å². The van der Waals surface area contributed by atoms with Crippen LogP contribution in [0.15, 0.2) is 47.0 Å². The van der Waals surface area contributed by atoms with Gasteiger partial charge < -0.3 is 9.42 Å². The number of piperidine rings is 1. The lowest BCUT2D eigenvalue weighted by Crippen LogP contribution is -2.42. The monoisotopic (exact) mass is 337 g/mol. The van der Waals surface area contributed by atoms with Crippen LogP contribution in [0.25, 0.3) is 11.4 Å². The first-order chi connectivity index (χ1) is 12.3. The number of carbonyl (C=O) groups is 1. The molecule has 1 aliphatic heterocycles. The Balaban J connectivity index is 1.56. The zero-order valence-electron chi connectivity index (χ0n) is 14.3. The van der Waals surface area contributed by atoms with Gasteiger partial charge in [-0.15, -0.1) is 0 Å². The maximum atomic E-state index is 13.0. The van der Waals surface area contributed by atoms with Gasteiger partial charge in [0.1, 0.15) is 6.04 Å². The van der Waals surface area contributed by atoms with E-state index in [9.17, 15) is 4.79 Å². The van der Waals surface area contributed by atoms with Crippen LogP contribution in [0, 0.1) is 5.92 Å². The quantitative estimate of drug-likeness (QED) is 0.790. The average molecular weight is 337 g/mol. The lowest BCUT2D eigenvalue weighted by atomic mass is 9.91. The van der Waals surface area contributed by atoms with E-state index in [1.807, 2.05) is 35.2 Å². The van der Waals surface area contributed by atoms with E-state index in [-0.39, 0.29) is 17.9 Å². The Morgan fingerprint density at radius 1 is 1.12 bits per heavy atom. The number of benzene rings is 1. The third kappa shape index (κ3) is 3.36. The summed E-state index contributed by atoms with van der Waals surface area (Å²) in [5.41, 5.74) is 0.934. The van der Waals surface area contributed by atoms with Crippen LogP contribution < -0.4 is 0 Å². The van der Waals surface area contributed by atoms with Crippen LogP contribution in [0.3, 0.4) is 0 Å². The van der Waals surface area contributed by atoms with Gasteiger partial charge in [0.15, 0.2) is 0 Å². The molecule has 2 aliphatic rings. The van der Waals surface area contributed by atoms with Crippen molar-refractivity contribution in [2.24, 2.45) is 5.92 Å². The van der Waals surface area contributed by atoms with Crippen molar-refractivity contribution in [3.05, 3.63) is 48.4 Å². The average Bonchev–Trinajstić information content (AvgIpc) is 3.19. The Kier molecular flexibility index (Phi) is 4.63. The van der Waals surface area contributed by atoms with E-state index in [1.165, 1.54) is 0 Å². The number of nitrogens with zero attached hydrogens (tertiary/aromatic N) is 3. The number of aromatic nitrogens is 2. The highest BCUT2D eigenvalue weighted by Crippen LogP contribution is 2.34. The number of carbonyl (C=O) groups excluding carboxylic acids is 1. The highest BCUT2D eigenvalue weighted by atomic mass is 16.5. The highest BCUT2D eigenvalue weighted by Gasteiger charge is 2.35. The number of likely N-dealkylation sites (tertiary alicyclic amines) is 1. The molecule has 130 valence electrons. The summed E-state index contributed by atoms with van der Waals surface area (Å²) in [7, 11) is 0. The standard InChI is InChI=1S/C20H23N3O2/c24-20(16-11-5-2-6-12-16)23-14-8-7-13-17(23)19-21-18(22-25-19)15-9-3-1-4-10-15/h1-5,9-10,16-17H,6-8,11-14H2. The minimum atomic E-state index is -0.0860. The molecule has 25 heavy (non-hydrogen) atoms. The van der Waals surface area contributed by atoms with Crippen molar-refractivity contribution in [3.8, 4) is 11.4 Å². The van der Waals surface area contributed by atoms with Crippen LogP contribution in [0.1, 0.15) is 50.5 Å². The van der Waals surface area contributed by atoms with Crippen molar-refractivity contribution in [1.29, 1.82) is 0 Å². The van der Waals surface area contributed by atoms with Crippen molar-refractivity contribution < 1.29 is 9.32 Å². The number of hydrogen-bond donors (Lipinski definition) is 0. The maximum absolute atomic E-state index is 13.0. The fraction of sp³-hybridized carbons (Fsp3) is 0.450. The van der Waals surface area contributed by atoms with E-state index in [1.54, 1.807) is 0 Å². The smallest absolute Gasteiger partial charge is 0.249 e. The molecule has 5 heteroatoms. The van der Waals surface area contributed by atoms with Gasteiger partial charge >= 0.3 is 0 Å². The molecule has 0 spiro atoms. The molecule has 0 bridgehead atoms. The first-order valence-electron chi connectivity index (χ1n) is 9.17. The molecule has 2 unspecified atom stereocenters. The van der Waals surface area contributed by atoms with E-state index in [2.05, 4.69) is 22.3 Å².